The van der Waals surface area contributed by atoms with Crippen LogP contribution in [0.1, 0.15) is 51.4 Å². The van der Waals surface area contributed by atoms with E-state index in [4.69, 9.17) is 0 Å². The van der Waals surface area contributed by atoms with E-state index >= 15 is 0 Å². The molecular formula is C15H27F3N2O2. The van der Waals surface area contributed by atoms with Crippen LogP contribution in [0, 0.1) is 5.92 Å². The van der Waals surface area contributed by atoms with E-state index in [0.29, 0.717) is 19.5 Å². The summed E-state index contributed by atoms with van der Waals surface area (Å²) in [6.07, 6.45) is 4.84. The van der Waals surface area contributed by atoms with Crippen LogP contribution in [0.3, 0.4) is 0 Å². The maximum atomic E-state index is 11.8. The minimum atomic E-state index is -4.29. The number of carbonyl (C=O) groups excluding carboxylic acids is 1. The molecule has 0 saturated heterocycles. The third-order valence-corrected chi connectivity index (χ3v) is 3.82. The summed E-state index contributed by atoms with van der Waals surface area (Å²) in [5.74, 6) is 0.810. The molecule has 0 spiro atoms. The van der Waals surface area contributed by atoms with Gasteiger partial charge < -0.3 is 15.4 Å². The summed E-state index contributed by atoms with van der Waals surface area (Å²) < 4.78 is 39.8. The van der Waals surface area contributed by atoms with E-state index in [-0.39, 0.29) is 12.6 Å². The first-order valence-electron chi connectivity index (χ1n) is 8.13. The first kappa shape index (κ1) is 19.1. The molecule has 1 aliphatic rings. The summed E-state index contributed by atoms with van der Waals surface area (Å²) in [5.41, 5.74) is 0. The maximum Gasteiger partial charge on any atom is 0.411 e. The number of ether oxygens (including phenoxy) is 1. The van der Waals surface area contributed by atoms with Crippen LogP contribution in [0.2, 0.25) is 0 Å². The molecular weight excluding hydrogens is 297 g/mol. The molecule has 4 nitrogen and oxygen atoms in total. The first-order valence-corrected chi connectivity index (χ1v) is 8.13. The second kappa shape index (κ2) is 10.7. The molecule has 130 valence electrons. The van der Waals surface area contributed by atoms with E-state index < -0.39 is 12.8 Å². The van der Waals surface area contributed by atoms with E-state index in [9.17, 15) is 18.0 Å². The standard InChI is InChI=1S/C15H27F3N2O2/c16-15(17,18)12-22-11-5-10-20-14(21)19-9-4-8-13-6-2-1-3-7-13/h13H,1-12H2,(H2,19,20,21). The van der Waals surface area contributed by atoms with Crippen molar-refractivity contribution in [3.63, 3.8) is 0 Å². The lowest BCUT2D eigenvalue weighted by Gasteiger charge is -2.21. The number of rotatable bonds is 9. The minimum Gasteiger partial charge on any atom is -0.372 e. The zero-order chi connectivity index (χ0) is 16.3. The fraction of sp³-hybridized carbons (Fsp3) is 0.933. The molecule has 0 bridgehead atoms. The predicted octanol–water partition coefficient (Wildman–Crippen LogP) is 3.62. The van der Waals surface area contributed by atoms with Crippen LogP contribution in [0.5, 0.6) is 0 Å². The van der Waals surface area contributed by atoms with Crippen molar-refractivity contribution in [2.45, 2.75) is 57.5 Å². The van der Waals surface area contributed by atoms with Crippen LogP contribution in [0.4, 0.5) is 18.0 Å². The maximum absolute atomic E-state index is 11.8. The summed E-state index contributed by atoms with van der Waals surface area (Å²) in [4.78, 5) is 11.4. The number of alkyl halides is 3. The van der Waals surface area contributed by atoms with Crippen molar-refractivity contribution in [3.8, 4) is 0 Å². The SMILES string of the molecule is O=C(NCCCOCC(F)(F)F)NCCCC1CCCCC1. The molecule has 1 saturated carbocycles. The smallest absolute Gasteiger partial charge is 0.372 e. The lowest BCUT2D eigenvalue weighted by Crippen LogP contribution is -2.37. The predicted molar refractivity (Wildman–Crippen MR) is 78.7 cm³/mol. The average Bonchev–Trinajstić information content (AvgIpc) is 2.47. The third kappa shape index (κ3) is 10.7. The molecule has 0 atom stereocenters. The van der Waals surface area contributed by atoms with E-state index in [1.165, 1.54) is 32.1 Å². The summed E-state index contributed by atoms with van der Waals surface area (Å²) in [7, 11) is 0. The van der Waals surface area contributed by atoms with Crippen LogP contribution in [0.25, 0.3) is 0 Å². The Morgan fingerprint density at radius 2 is 1.68 bits per heavy atom. The Morgan fingerprint density at radius 3 is 2.32 bits per heavy atom. The molecule has 0 heterocycles. The average molecular weight is 324 g/mol. The van der Waals surface area contributed by atoms with Gasteiger partial charge in [0.1, 0.15) is 6.61 Å². The highest BCUT2D eigenvalue weighted by Crippen LogP contribution is 2.26. The van der Waals surface area contributed by atoms with Crippen LogP contribution in [-0.2, 0) is 4.74 Å². The zero-order valence-electron chi connectivity index (χ0n) is 13.0. The molecule has 1 aliphatic carbocycles. The van der Waals surface area contributed by atoms with Crippen LogP contribution < -0.4 is 10.6 Å². The third-order valence-electron chi connectivity index (χ3n) is 3.82. The lowest BCUT2D eigenvalue weighted by molar-refractivity contribution is -0.173. The molecule has 0 aromatic heterocycles. The first-order chi connectivity index (χ1) is 10.5. The van der Waals surface area contributed by atoms with Gasteiger partial charge in [0.15, 0.2) is 0 Å². The van der Waals surface area contributed by atoms with Crippen molar-refractivity contribution in [1.29, 1.82) is 0 Å². The van der Waals surface area contributed by atoms with Gasteiger partial charge in [0.05, 0.1) is 0 Å². The topological polar surface area (TPSA) is 50.4 Å². The monoisotopic (exact) mass is 324 g/mol. The van der Waals surface area contributed by atoms with Crippen LogP contribution in [0.15, 0.2) is 0 Å². The molecule has 2 N–H and O–H groups in total. The number of amides is 2. The van der Waals surface area contributed by atoms with Gasteiger partial charge in [-0.2, -0.15) is 13.2 Å². The van der Waals surface area contributed by atoms with E-state index in [2.05, 4.69) is 15.4 Å². The summed E-state index contributed by atoms with van der Waals surface area (Å²) in [6, 6.07) is -0.264. The van der Waals surface area contributed by atoms with Crippen molar-refractivity contribution < 1.29 is 22.7 Å². The van der Waals surface area contributed by atoms with Gasteiger partial charge in [0, 0.05) is 19.7 Å². The second-order valence-corrected chi connectivity index (χ2v) is 5.85. The van der Waals surface area contributed by atoms with E-state index in [1.807, 2.05) is 0 Å². The van der Waals surface area contributed by atoms with Crippen LogP contribution in [-0.4, -0.2) is 38.5 Å². The largest absolute Gasteiger partial charge is 0.411 e. The Kier molecular flexibility index (Phi) is 9.27. The Balaban J connectivity index is 1.87. The fourth-order valence-electron chi connectivity index (χ4n) is 2.70. The molecule has 2 amide bonds. The number of carbonyl (C=O) groups is 1. The van der Waals surface area contributed by atoms with Crippen molar-refractivity contribution in [3.05, 3.63) is 0 Å². The van der Waals surface area contributed by atoms with Gasteiger partial charge in [0.2, 0.25) is 0 Å². The van der Waals surface area contributed by atoms with Gasteiger partial charge in [0.25, 0.3) is 0 Å². The Hall–Kier alpha value is -0.980. The molecule has 0 aliphatic heterocycles. The molecule has 0 aromatic rings. The van der Waals surface area contributed by atoms with Gasteiger partial charge in [-0.1, -0.05) is 32.1 Å². The van der Waals surface area contributed by atoms with E-state index in [1.54, 1.807) is 0 Å². The molecule has 7 heteroatoms. The minimum absolute atomic E-state index is 0.0124. The van der Waals surface area contributed by atoms with Crippen molar-refractivity contribution >= 4 is 6.03 Å². The Morgan fingerprint density at radius 1 is 1.05 bits per heavy atom. The molecule has 0 radical (unpaired) electrons. The number of hydrogen-bond donors (Lipinski definition) is 2. The zero-order valence-corrected chi connectivity index (χ0v) is 13.0. The summed E-state index contributed by atoms with van der Waals surface area (Å²) >= 11 is 0. The molecule has 1 fully saturated rings. The number of urea groups is 1. The molecule has 22 heavy (non-hydrogen) atoms. The molecule has 0 unspecified atom stereocenters. The van der Waals surface area contributed by atoms with Gasteiger partial charge in [-0.25, -0.2) is 4.79 Å². The van der Waals surface area contributed by atoms with Gasteiger partial charge >= 0.3 is 12.2 Å². The highest BCUT2D eigenvalue weighted by atomic mass is 19.4. The quantitative estimate of drug-likeness (QED) is 0.637. The van der Waals surface area contributed by atoms with Gasteiger partial charge in [-0.3, -0.25) is 0 Å². The fourth-order valence-corrected chi connectivity index (χ4v) is 2.70. The Labute approximate surface area is 130 Å². The van der Waals surface area contributed by atoms with Crippen molar-refractivity contribution in [1.82, 2.24) is 10.6 Å². The summed E-state index contributed by atoms with van der Waals surface area (Å²) in [6.45, 7) is -0.291. The number of hydrogen-bond acceptors (Lipinski definition) is 2. The summed E-state index contributed by atoms with van der Waals surface area (Å²) in [5, 5.41) is 5.37. The highest BCUT2D eigenvalue weighted by molar-refractivity contribution is 5.73. The number of halogens is 3. The van der Waals surface area contributed by atoms with Crippen molar-refractivity contribution in [2.75, 3.05) is 26.3 Å². The normalized spacial score (nSPS) is 16.5. The highest BCUT2D eigenvalue weighted by Gasteiger charge is 2.27. The number of nitrogens with one attached hydrogen (secondary N) is 2. The molecule has 0 aromatic carbocycles. The van der Waals surface area contributed by atoms with Crippen molar-refractivity contribution in [2.24, 2.45) is 5.92 Å². The van der Waals surface area contributed by atoms with Crippen LogP contribution >= 0.6 is 0 Å². The van der Waals surface area contributed by atoms with E-state index in [0.717, 1.165) is 18.8 Å². The molecule has 1 rings (SSSR count). The second-order valence-electron chi connectivity index (χ2n) is 5.85. The lowest BCUT2D eigenvalue weighted by atomic mass is 9.86. The van der Waals surface area contributed by atoms with Gasteiger partial charge in [-0.15, -0.1) is 0 Å². The van der Waals surface area contributed by atoms with Gasteiger partial charge in [-0.05, 0) is 25.2 Å². The Bertz CT molecular complexity index is 306.